The summed E-state index contributed by atoms with van der Waals surface area (Å²) in [5.41, 5.74) is 2.45. The van der Waals surface area contributed by atoms with Gasteiger partial charge in [-0.25, -0.2) is 0 Å². The Morgan fingerprint density at radius 2 is 1.94 bits per heavy atom. The number of hydrogen-bond donors (Lipinski definition) is 0. The molecular weight excluding hydrogens is 356 g/mol. The summed E-state index contributed by atoms with van der Waals surface area (Å²) in [7, 11) is 1.74. The van der Waals surface area contributed by atoms with Crippen molar-refractivity contribution in [2.75, 3.05) is 7.11 Å². The highest BCUT2D eigenvalue weighted by Crippen LogP contribution is 2.38. The Bertz CT molecular complexity index is 377. The van der Waals surface area contributed by atoms with E-state index in [0.717, 1.165) is 16.6 Å². The number of unbranched alkanes of at least 4 members (excludes halogenated alkanes) is 3. The van der Waals surface area contributed by atoms with Crippen LogP contribution in [0.25, 0.3) is 0 Å². The Morgan fingerprint density at radius 3 is 2.56 bits per heavy atom. The van der Waals surface area contributed by atoms with Gasteiger partial charge >= 0.3 is 0 Å². The smallest absolute Gasteiger partial charge is 0.123 e. The number of halogens is 2. The van der Waals surface area contributed by atoms with E-state index >= 15 is 0 Å². The lowest BCUT2D eigenvalue weighted by Gasteiger charge is -2.16. The van der Waals surface area contributed by atoms with Crippen LogP contribution in [0, 0.1) is 6.92 Å². The summed E-state index contributed by atoms with van der Waals surface area (Å²) in [6, 6.07) is 4.27. The van der Waals surface area contributed by atoms with Crippen LogP contribution in [-0.4, -0.2) is 7.11 Å². The first-order valence-corrected chi connectivity index (χ1v) is 8.29. The molecule has 0 N–H and O–H groups in total. The first-order valence-electron chi connectivity index (χ1n) is 6.58. The summed E-state index contributed by atoms with van der Waals surface area (Å²) in [6.45, 7) is 4.33. The van der Waals surface area contributed by atoms with Crippen LogP contribution in [0.15, 0.2) is 16.6 Å². The SMILES string of the molecule is CCCCCCC(Br)c1cc(Br)c(C)cc1OC. The van der Waals surface area contributed by atoms with E-state index in [1.54, 1.807) is 7.11 Å². The van der Waals surface area contributed by atoms with Gasteiger partial charge in [-0.15, -0.1) is 0 Å². The van der Waals surface area contributed by atoms with Gasteiger partial charge in [0.25, 0.3) is 0 Å². The van der Waals surface area contributed by atoms with E-state index in [1.165, 1.54) is 36.8 Å². The molecule has 0 aliphatic carbocycles. The van der Waals surface area contributed by atoms with Crippen LogP contribution in [0.1, 0.15) is 55.0 Å². The molecule has 0 aromatic heterocycles. The molecule has 1 nitrogen and oxygen atoms in total. The third-order valence-corrected chi connectivity index (χ3v) is 4.96. The standard InChI is InChI=1S/C15H22Br2O/c1-4-5-6-7-8-13(16)12-10-14(17)11(2)9-15(12)18-3/h9-10,13H,4-8H2,1-3H3. The molecule has 1 aromatic carbocycles. The van der Waals surface area contributed by atoms with Crippen LogP contribution in [0.5, 0.6) is 5.75 Å². The monoisotopic (exact) mass is 376 g/mol. The molecule has 0 fully saturated rings. The largest absolute Gasteiger partial charge is 0.496 e. The van der Waals surface area contributed by atoms with Crippen molar-refractivity contribution in [1.82, 2.24) is 0 Å². The van der Waals surface area contributed by atoms with Gasteiger partial charge in [0.05, 0.1) is 7.11 Å². The maximum Gasteiger partial charge on any atom is 0.123 e. The van der Waals surface area contributed by atoms with Crippen LogP contribution in [0.3, 0.4) is 0 Å². The number of hydrogen-bond acceptors (Lipinski definition) is 1. The van der Waals surface area contributed by atoms with Gasteiger partial charge in [-0.05, 0) is 31.0 Å². The van der Waals surface area contributed by atoms with E-state index < -0.39 is 0 Å². The molecule has 1 unspecified atom stereocenters. The predicted molar refractivity (Wildman–Crippen MR) is 85.9 cm³/mol. The molecule has 0 bridgehead atoms. The Morgan fingerprint density at radius 1 is 1.22 bits per heavy atom. The van der Waals surface area contributed by atoms with Gasteiger partial charge in [-0.3, -0.25) is 0 Å². The average Bonchev–Trinajstić information content (AvgIpc) is 2.37. The third kappa shape index (κ3) is 4.58. The van der Waals surface area contributed by atoms with E-state index in [2.05, 4.69) is 57.8 Å². The number of rotatable bonds is 7. The lowest BCUT2D eigenvalue weighted by Crippen LogP contribution is -1.97. The number of alkyl halides is 1. The summed E-state index contributed by atoms with van der Waals surface area (Å²) >= 11 is 7.38. The molecule has 0 amide bonds. The van der Waals surface area contributed by atoms with Gasteiger partial charge in [-0.1, -0.05) is 64.5 Å². The van der Waals surface area contributed by atoms with E-state index in [9.17, 15) is 0 Å². The molecule has 0 saturated carbocycles. The highest BCUT2D eigenvalue weighted by Gasteiger charge is 2.14. The maximum atomic E-state index is 5.48. The fraction of sp³-hybridized carbons (Fsp3) is 0.600. The number of ether oxygens (including phenoxy) is 1. The van der Waals surface area contributed by atoms with E-state index in [-0.39, 0.29) is 0 Å². The molecule has 18 heavy (non-hydrogen) atoms. The van der Waals surface area contributed by atoms with Gasteiger partial charge < -0.3 is 4.74 Å². The topological polar surface area (TPSA) is 9.23 Å². The zero-order valence-electron chi connectivity index (χ0n) is 11.4. The minimum Gasteiger partial charge on any atom is -0.496 e. The second-order valence-electron chi connectivity index (χ2n) is 4.66. The van der Waals surface area contributed by atoms with E-state index in [0.29, 0.717) is 4.83 Å². The van der Waals surface area contributed by atoms with Gasteiger partial charge in [0.1, 0.15) is 5.75 Å². The van der Waals surface area contributed by atoms with Crippen LogP contribution in [0.4, 0.5) is 0 Å². The molecule has 0 aliphatic heterocycles. The highest BCUT2D eigenvalue weighted by atomic mass is 79.9. The molecule has 1 aromatic rings. The van der Waals surface area contributed by atoms with Crippen molar-refractivity contribution in [3.05, 3.63) is 27.7 Å². The van der Waals surface area contributed by atoms with Crippen LogP contribution in [0.2, 0.25) is 0 Å². The van der Waals surface area contributed by atoms with Crippen molar-refractivity contribution in [2.45, 2.75) is 50.8 Å². The summed E-state index contributed by atoms with van der Waals surface area (Å²) in [6.07, 6.45) is 6.35. The Balaban J connectivity index is 2.71. The van der Waals surface area contributed by atoms with Gasteiger partial charge in [0.2, 0.25) is 0 Å². The van der Waals surface area contributed by atoms with Crippen molar-refractivity contribution < 1.29 is 4.74 Å². The lowest BCUT2D eigenvalue weighted by molar-refractivity contribution is 0.408. The van der Waals surface area contributed by atoms with Gasteiger partial charge in [-0.2, -0.15) is 0 Å². The van der Waals surface area contributed by atoms with Crippen molar-refractivity contribution in [2.24, 2.45) is 0 Å². The maximum absolute atomic E-state index is 5.48. The van der Waals surface area contributed by atoms with Gasteiger partial charge in [0.15, 0.2) is 0 Å². The fourth-order valence-electron chi connectivity index (χ4n) is 2.00. The molecular formula is C15H22Br2O. The molecule has 102 valence electrons. The molecule has 1 atom stereocenters. The Kier molecular flexibility index (Phi) is 7.31. The van der Waals surface area contributed by atoms with Crippen LogP contribution < -0.4 is 4.74 Å². The first kappa shape index (κ1) is 16.0. The van der Waals surface area contributed by atoms with E-state index in [4.69, 9.17) is 4.74 Å². The number of benzene rings is 1. The molecule has 0 radical (unpaired) electrons. The molecule has 1 rings (SSSR count). The normalized spacial score (nSPS) is 12.5. The third-order valence-electron chi connectivity index (χ3n) is 3.16. The molecule has 0 heterocycles. The molecule has 0 spiro atoms. The quantitative estimate of drug-likeness (QED) is 0.407. The predicted octanol–water partition coefficient (Wildman–Crippen LogP) is 6.17. The van der Waals surface area contributed by atoms with Crippen molar-refractivity contribution >= 4 is 31.9 Å². The van der Waals surface area contributed by atoms with E-state index in [1.807, 2.05) is 0 Å². The highest BCUT2D eigenvalue weighted by molar-refractivity contribution is 9.10. The minimum atomic E-state index is 0.376. The fourth-order valence-corrected chi connectivity index (χ4v) is 3.04. The summed E-state index contributed by atoms with van der Waals surface area (Å²) < 4.78 is 6.63. The molecule has 0 aliphatic rings. The van der Waals surface area contributed by atoms with Gasteiger partial charge in [0, 0.05) is 14.9 Å². The van der Waals surface area contributed by atoms with Crippen molar-refractivity contribution in [3.63, 3.8) is 0 Å². The zero-order valence-corrected chi connectivity index (χ0v) is 14.6. The molecule has 3 heteroatoms. The zero-order chi connectivity index (χ0) is 13.5. The molecule has 0 saturated heterocycles. The summed E-state index contributed by atoms with van der Waals surface area (Å²) in [4.78, 5) is 0.376. The van der Waals surface area contributed by atoms with Crippen LogP contribution in [-0.2, 0) is 0 Å². The van der Waals surface area contributed by atoms with Crippen molar-refractivity contribution in [3.8, 4) is 5.75 Å². The number of aryl methyl sites for hydroxylation is 1. The summed E-state index contributed by atoms with van der Waals surface area (Å²) in [5, 5.41) is 0. The summed E-state index contributed by atoms with van der Waals surface area (Å²) in [5.74, 6) is 0.980. The van der Waals surface area contributed by atoms with Crippen LogP contribution >= 0.6 is 31.9 Å². The first-order chi connectivity index (χ1) is 8.60. The Hall–Kier alpha value is -0.0200. The second-order valence-corrected chi connectivity index (χ2v) is 6.62. The lowest BCUT2D eigenvalue weighted by atomic mass is 10.0. The second kappa shape index (κ2) is 8.21. The Labute approximate surface area is 128 Å². The number of methoxy groups -OCH3 is 1. The van der Waals surface area contributed by atoms with Crippen molar-refractivity contribution in [1.29, 1.82) is 0 Å². The average molecular weight is 378 g/mol. The minimum absolute atomic E-state index is 0.376.